The summed E-state index contributed by atoms with van der Waals surface area (Å²) in [4.78, 5) is 0. The molecule has 0 saturated heterocycles. The molecule has 0 spiro atoms. The van der Waals surface area contributed by atoms with Crippen molar-refractivity contribution in [1.29, 1.82) is 0 Å². The van der Waals surface area contributed by atoms with E-state index < -0.39 is 0 Å². The molecule has 0 bridgehead atoms. The van der Waals surface area contributed by atoms with Gasteiger partial charge in [-0.3, -0.25) is 0 Å². The molecule has 15 heavy (non-hydrogen) atoms. The van der Waals surface area contributed by atoms with Gasteiger partial charge in [0, 0.05) is 17.9 Å². The SMILES string of the molecule is [Cl-].[NH3+]C[C@@H]1C[C@H]1c1cccc2c1CCO2. The highest BCUT2D eigenvalue weighted by Gasteiger charge is 2.40. The second kappa shape index (κ2) is 4.03. The second-order valence-electron chi connectivity index (χ2n) is 4.31. The predicted molar refractivity (Wildman–Crippen MR) is 54.2 cm³/mol. The molecule has 3 heteroatoms. The minimum atomic E-state index is 0. The molecule has 1 aromatic carbocycles. The first-order valence-corrected chi connectivity index (χ1v) is 5.44. The summed E-state index contributed by atoms with van der Waals surface area (Å²) in [6.45, 7) is 1.95. The van der Waals surface area contributed by atoms with Gasteiger partial charge in [-0.15, -0.1) is 0 Å². The molecule has 1 aromatic rings. The van der Waals surface area contributed by atoms with Gasteiger partial charge in [-0.1, -0.05) is 12.1 Å². The Hall–Kier alpha value is -0.730. The van der Waals surface area contributed by atoms with Gasteiger partial charge in [0.25, 0.3) is 0 Å². The largest absolute Gasteiger partial charge is 1.00 e. The highest BCUT2D eigenvalue weighted by atomic mass is 35.5. The van der Waals surface area contributed by atoms with Crippen molar-refractivity contribution < 1.29 is 22.9 Å². The van der Waals surface area contributed by atoms with E-state index in [1.165, 1.54) is 17.5 Å². The Balaban J connectivity index is 0.000000853. The van der Waals surface area contributed by atoms with Crippen LogP contribution in [0.4, 0.5) is 0 Å². The topological polar surface area (TPSA) is 36.9 Å². The van der Waals surface area contributed by atoms with Crippen LogP contribution in [0.2, 0.25) is 0 Å². The quantitative estimate of drug-likeness (QED) is 0.620. The molecule has 2 atom stereocenters. The van der Waals surface area contributed by atoms with Crippen LogP contribution in [0.1, 0.15) is 23.5 Å². The molecule has 3 rings (SSSR count). The number of hydrogen-bond donors (Lipinski definition) is 1. The molecular weight excluding hydrogens is 210 g/mol. The fourth-order valence-corrected chi connectivity index (χ4v) is 2.54. The van der Waals surface area contributed by atoms with Crippen LogP contribution < -0.4 is 22.9 Å². The van der Waals surface area contributed by atoms with E-state index >= 15 is 0 Å². The number of fused-ring (bicyclic) bond motifs is 1. The molecule has 2 aliphatic rings. The zero-order valence-corrected chi connectivity index (χ0v) is 9.46. The first-order valence-electron chi connectivity index (χ1n) is 5.44. The number of hydrogen-bond acceptors (Lipinski definition) is 1. The summed E-state index contributed by atoms with van der Waals surface area (Å²) < 4.78 is 5.57. The summed E-state index contributed by atoms with van der Waals surface area (Å²) in [6.07, 6.45) is 2.44. The van der Waals surface area contributed by atoms with Crippen LogP contribution >= 0.6 is 0 Å². The van der Waals surface area contributed by atoms with Gasteiger partial charge in [-0.2, -0.15) is 0 Å². The smallest absolute Gasteiger partial charge is 0.122 e. The van der Waals surface area contributed by atoms with Crippen LogP contribution in [-0.4, -0.2) is 13.2 Å². The summed E-state index contributed by atoms with van der Waals surface area (Å²) >= 11 is 0. The number of benzene rings is 1. The molecule has 1 heterocycles. The summed E-state index contributed by atoms with van der Waals surface area (Å²) in [7, 11) is 0. The second-order valence-corrected chi connectivity index (χ2v) is 4.31. The van der Waals surface area contributed by atoms with Crippen molar-refractivity contribution in [2.45, 2.75) is 18.8 Å². The fourth-order valence-electron chi connectivity index (χ4n) is 2.54. The molecular formula is C12H16ClNO. The van der Waals surface area contributed by atoms with E-state index in [9.17, 15) is 0 Å². The maximum atomic E-state index is 5.57. The lowest BCUT2D eigenvalue weighted by atomic mass is 10.00. The van der Waals surface area contributed by atoms with Crippen LogP contribution in [-0.2, 0) is 6.42 Å². The third-order valence-corrected chi connectivity index (χ3v) is 3.47. The van der Waals surface area contributed by atoms with Gasteiger partial charge in [0.15, 0.2) is 0 Å². The number of rotatable bonds is 2. The molecule has 0 aromatic heterocycles. The molecule has 1 aliphatic heterocycles. The van der Waals surface area contributed by atoms with Gasteiger partial charge in [0.05, 0.1) is 13.2 Å². The van der Waals surface area contributed by atoms with Crippen molar-refractivity contribution in [3.63, 3.8) is 0 Å². The Morgan fingerprint density at radius 1 is 1.40 bits per heavy atom. The lowest BCUT2D eigenvalue weighted by molar-refractivity contribution is -0.372. The van der Waals surface area contributed by atoms with Crippen molar-refractivity contribution in [2.24, 2.45) is 5.92 Å². The standard InChI is InChI=1S/C12H15NO.ClH/c13-7-8-6-11(8)9-2-1-3-12-10(9)4-5-14-12;/h1-3,8,11H,4-7,13H2;1H/t8-,11+;/m0./s1. The van der Waals surface area contributed by atoms with Gasteiger partial charge in [-0.05, 0) is 24.0 Å². The van der Waals surface area contributed by atoms with E-state index in [2.05, 4.69) is 23.9 Å². The van der Waals surface area contributed by atoms with Crippen molar-refractivity contribution >= 4 is 0 Å². The van der Waals surface area contributed by atoms with Crippen LogP contribution in [0.25, 0.3) is 0 Å². The highest BCUT2D eigenvalue weighted by molar-refractivity contribution is 5.46. The van der Waals surface area contributed by atoms with Gasteiger partial charge in [-0.25, -0.2) is 0 Å². The summed E-state index contributed by atoms with van der Waals surface area (Å²) in [5.74, 6) is 2.74. The lowest BCUT2D eigenvalue weighted by Crippen LogP contribution is -3.00. The minimum Gasteiger partial charge on any atom is -1.00 e. The van der Waals surface area contributed by atoms with Crippen molar-refractivity contribution in [3.8, 4) is 5.75 Å². The molecule has 3 N–H and O–H groups in total. The zero-order valence-electron chi connectivity index (χ0n) is 8.71. The Kier molecular flexibility index (Phi) is 2.89. The van der Waals surface area contributed by atoms with Gasteiger partial charge in [0.1, 0.15) is 5.75 Å². The number of quaternary nitrogens is 1. The van der Waals surface area contributed by atoms with Crippen LogP contribution in [0, 0.1) is 5.92 Å². The average Bonchev–Trinajstić information content (AvgIpc) is 2.85. The zero-order chi connectivity index (χ0) is 9.54. The maximum Gasteiger partial charge on any atom is 0.122 e. The van der Waals surface area contributed by atoms with E-state index in [-0.39, 0.29) is 12.4 Å². The Morgan fingerprint density at radius 2 is 2.27 bits per heavy atom. The molecule has 1 saturated carbocycles. The van der Waals surface area contributed by atoms with Crippen LogP contribution in [0.5, 0.6) is 5.75 Å². The Morgan fingerprint density at radius 3 is 3.00 bits per heavy atom. The van der Waals surface area contributed by atoms with Crippen molar-refractivity contribution in [2.75, 3.05) is 13.2 Å². The van der Waals surface area contributed by atoms with Gasteiger partial charge >= 0.3 is 0 Å². The first kappa shape index (κ1) is 10.8. The molecule has 0 amide bonds. The average molecular weight is 226 g/mol. The Labute approximate surface area is 96.2 Å². The predicted octanol–water partition coefficient (Wildman–Crippen LogP) is -2.03. The lowest BCUT2D eigenvalue weighted by Gasteiger charge is -2.05. The van der Waals surface area contributed by atoms with Gasteiger partial charge < -0.3 is 22.9 Å². The van der Waals surface area contributed by atoms with E-state index in [1.54, 1.807) is 0 Å². The van der Waals surface area contributed by atoms with E-state index in [0.717, 1.165) is 37.2 Å². The molecule has 0 unspecified atom stereocenters. The number of ether oxygens (including phenoxy) is 1. The summed E-state index contributed by atoms with van der Waals surface area (Å²) in [5.41, 5.74) is 6.99. The monoisotopic (exact) mass is 225 g/mol. The summed E-state index contributed by atoms with van der Waals surface area (Å²) in [5, 5.41) is 0. The third-order valence-electron chi connectivity index (χ3n) is 3.47. The molecule has 82 valence electrons. The molecule has 0 radical (unpaired) electrons. The summed E-state index contributed by atoms with van der Waals surface area (Å²) in [6, 6.07) is 6.49. The van der Waals surface area contributed by atoms with E-state index in [4.69, 9.17) is 4.74 Å². The molecule has 1 aliphatic carbocycles. The van der Waals surface area contributed by atoms with E-state index in [1.807, 2.05) is 0 Å². The minimum absolute atomic E-state index is 0. The third kappa shape index (κ3) is 1.72. The maximum absolute atomic E-state index is 5.57. The fraction of sp³-hybridized carbons (Fsp3) is 0.500. The van der Waals surface area contributed by atoms with Crippen LogP contribution in [0.15, 0.2) is 18.2 Å². The molecule has 2 nitrogen and oxygen atoms in total. The first-order chi connectivity index (χ1) is 6.90. The van der Waals surface area contributed by atoms with Gasteiger partial charge in [0.2, 0.25) is 0 Å². The van der Waals surface area contributed by atoms with E-state index in [0.29, 0.717) is 0 Å². The van der Waals surface area contributed by atoms with Crippen molar-refractivity contribution in [3.05, 3.63) is 29.3 Å². The Bertz CT molecular complexity index is 367. The normalized spacial score (nSPS) is 26.5. The molecule has 1 fully saturated rings. The van der Waals surface area contributed by atoms with Crippen molar-refractivity contribution in [1.82, 2.24) is 0 Å². The number of halogens is 1. The highest BCUT2D eigenvalue weighted by Crippen LogP contribution is 2.49. The van der Waals surface area contributed by atoms with Crippen LogP contribution in [0.3, 0.4) is 0 Å².